The van der Waals surface area contributed by atoms with Crippen LogP contribution in [-0.4, -0.2) is 11.1 Å². The van der Waals surface area contributed by atoms with E-state index >= 15 is 0 Å². The van der Waals surface area contributed by atoms with Gasteiger partial charge in [-0.3, -0.25) is 4.79 Å². The number of rotatable bonds is 6. The van der Waals surface area contributed by atoms with Gasteiger partial charge in [0.2, 0.25) is 0 Å². The third-order valence-corrected chi connectivity index (χ3v) is 5.72. The number of hydrogen-bond donors (Lipinski definition) is 1. The van der Waals surface area contributed by atoms with Gasteiger partial charge in [-0.05, 0) is 30.0 Å². The van der Waals surface area contributed by atoms with E-state index in [0.29, 0.717) is 6.42 Å². The fourth-order valence-corrected chi connectivity index (χ4v) is 4.26. The second-order valence-corrected chi connectivity index (χ2v) is 6.79. The summed E-state index contributed by atoms with van der Waals surface area (Å²) in [4.78, 5) is 12.8. The molecule has 3 aromatic rings. The fourth-order valence-electron chi connectivity index (χ4n) is 4.26. The molecular formula is C24H24O2. The minimum Gasteiger partial charge on any atom is -0.481 e. The van der Waals surface area contributed by atoms with Gasteiger partial charge in [-0.15, -0.1) is 0 Å². The lowest BCUT2D eigenvalue weighted by Gasteiger charge is -2.47. The standard InChI is InChI=1S/C24H24O2/c1-3-24(22(25)26,21-17-11-6-12-18-21)23(2,19-13-7-4-8-14-19)20-15-9-5-10-16-20/h4-18H,3H2,1-2H3,(H,25,26). The van der Waals surface area contributed by atoms with Crippen LogP contribution in [0.1, 0.15) is 37.0 Å². The number of carboxylic acid groups (broad SMARTS) is 1. The number of benzene rings is 3. The fraction of sp³-hybridized carbons (Fsp3) is 0.208. The van der Waals surface area contributed by atoms with E-state index in [9.17, 15) is 9.90 Å². The van der Waals surface area contributed by atoms with Gasteiger partial charge in [-0.1, -0.05) is 97.9 Å². The molecule has 0 aromatic heterocycles. The first-order chi connectivity index (χ1) is 12.6. The Morgan fingerprint density at radius 3 is 1.38 bits per heavy atom. The monoisotopic (exact) mass is 344 g/mol. The van der Waals surface area contributed by atoms with Gasteiger partial charge in [0.15, 0.2) is 0 Å². The Morgan fingerprint density at radius 2 is 1.08 bits per heavy atom. The van der Waals surface area contributed by atoms with Gasteiger partial charge in [0.05, 0.1) is 0 Å². The summed E-state index contributed by atoms with van der Waals surface area (Å²) in [5.41, 5.74) is 1.01. The summed E-state index contributed by atoms with van der Waals surface area (Å²) >= 11 is 0. The van der Waals surface area contributed by atoms with Gasteiger partial charge < -0.3 is 5.11 Å². The topological polar surface area (TPSA) is 37.3 Å². The normalized spacial score (nSPS) is 13.8. The molecule has 0 aliphatic carbocycles. The molecule has 0 fully saturated rings. The lowest BCUT2D eigenvalue weighted by molar-refractivity contribution is -0.146. The van der Waals surface area contributed by atoms with Crippen LogP contribution < -0.4 is 0 Å². The molecule has 0 spiro atoms. The van der Waals surface area contributed by atoms with Crippen LogP contribution in [0.2, 0.25) is 0 Å². The van der Waals surface area contributed by atoms with Gasteiger partial charge in [-0.25, -0.2) is 0 Å². The third-order valence-electron chi connectivity index (χ3n) is 5.72. The van der Waals surface area contributed by atoms with E-state index in [1.54, 1.807) is 0 Å². The Balaban J connectivity index is 2.40. The average Bonchev–Trinajstić information content (AvgIpc) is 2.70. The lowest BCUT2D eigenvalue weighted by Crippen LogP contribution is -2.53. The molecule has 0 radical (unpaired) electrons. The zero-order valence-corrected chi connectivity index (χ0v) is 15.2. The molecule has 0 bridgehead atoms. The second-order valence-electron chi connectivity index (χ2n) is 6.79. The number of hydrogen-bond acceptors (Lipinski definition) is 1. The highest BCUT2D eigenvalue weighted by Crippen LogP contribution is 2.51. The van der Waals surface area contributed by atoms with E-state index < -0.39 is 16.8 Å². The Hall–Kier alpha value is -2.87. The van der Waals surface area contributed by atoms with Gasteiger partial charge in [-0.2, -0.15) is 0 Å². The summed E-state index contributed by atoms with van der Waals surface area (Å²) in [6.45, 7) is 4.02. The molecule has 0 aliphatic heterocycles. The van der Waals surface area contributed by atoms with Crippen LogP contribution in [0, 0.1) is 0 Å². The molecule has 0 saturated carbocycles. The van der Waals surface area contributed by atoms with Crippen LogP contribution in [-0.2, 0) is 15.6 Å². The zero-order valence-electron chi connectivity index (χ0n) is 15.2. The van der Waals surface area contributed by atoms with Crippen LogP contribution in [0.3, 0.4) is 0 Å². The Kier molecular flexibility index (Phi) is 4.94. The van der Waals surface area contributed by atoms with Crippen molar-refractivity contribution in [3.63, 3.8) is 0 Å². The maximum absolute atomic E-state index is 12.8. The Bertz CT molecular complexity index is 817. The van der Waals surface area contributed by atoms with E-state index in [1.807, 2.05) is 97.9 Å². The van der Waals surface area contributed by atoms with Crippen molar-refractivity contribution in [1.29, 1.82) is 0 Å². The first-order valence-corrected chi connectivity index (χ1v) is 8.97. The van der Waals surface area contributed by atoms with Crippen molar-refractivity contribution in [2.45, 2.75) is 31.1 Å². The van der Waals surface area contributed by atoms with Gasteiger partial charge in [0, 0.05) is 5.41 Å². The second kappa shape index (κ2) is 7.17. The van der Waals surface area contributed by atoms with Gasteiger partial charge in [0.25, 0.3) is 0 Å². The summed E-state index contributed by atoms with van der Waals surface area (Å²) < 4.78 is 0. The zero-order chi connectivity index (χ0) is 18.6. The van der Waals surface area contributed by atoms with Crippen molar-refractivity contribution >= 4 is 5.97 Å². The van der Waals surface area contributed by atoms with Crippen molar-refractivity contribution in [1.82, 2.24) is 0 Å². The highest BCUT2D eigenvalue weighted by molar-refractivity contribution is 5.85. The van der Waals surface area contributed by atoms with Crippen LogP contribution in [0.4, 0.5) is 0 Å². The van der Waals surface area contributed by atoms with E-state index in [0.717, 1.165) is 16.7 Å². The van der Waals surface area contributed by atoms with E-state index in [1.165, 1.54) is 0 Å². The molecule has 0 saturated heterocycles. The minimum absolute atomic E-state index is 0.479. The average molecular weight is 344 g/mol. The minimum atomic E-state index is -1.09. The van der Waals surface area contributed by atoms with Crippen molar-refractivity contribution < 1.29 is 9.90 Å². The molecule has 0 aliphatic rings. The molecule has 2 heteroatoms. The van der Waals surface area contributed by atoms with E-state index in [4.69, 9.17) is 0 Å². The summed E-state index contributed by atoms with van der Waals surface area (Å²) in [7, 11) is 0. The summed E-state index contributed by atoms with van der Waals surface area (Å²) in [5, 5.41) is 10.5. The first-order valence-electron chi connectivity index (χ1n) is 8.97. The molecule has 0 amide bonds. The SMILES string of the molecule is CCC(C(=O)O)(c1ccccc1)C(C)(c1ccccc1)c1ccccc1. The van der Waals surface area contributed by atoms with E-state index in [2.05, 4.69) is 6.92 Å². The highest BCUT2D eigenvalue weighted by Gasteiger charge is 2.55. The summed E-state index contributed by atoms with van der Waals surface area (Å²) in [6.07, 6.45) is 0.479. The summed E-state index contributed by atoms with van der Waals surface area (Å²) in [5.74, 6) is -0.804. The molecular weight excluding hydrogens is 320 g/mol. The molecule has 1 atom stereocenters. The largest absolute Gasteiger partial charge is 0.481 e. The summed E-state index contributed by atoms with van der Waals surface area (Å²) in [6, 6.07) is 29.6. The van der Waals surface area contributed by atoms with Gasteiger partial charge in [0.1, 0.15) is 5.41 Å². The molecule has 2 nitrogen and oxygen atoms in total. The molecule has 132 valence electrons. The van der Waals surface area contributed by atoms with Crippen LogP contribution >= 0.6 is 0 Å². The third kappa shape index (κ3) is 2.62. The number of aliphatic carboxylic acids is 1. The van der Waals surface area contributed by atoms with Crippen molar-refractivity contribution in [2.75, 3.05) is 0 Å². The van der Waals surface area contributed by atoms with Crippen LogP contribution in [0.25, 0.3) is 0 Å². The lowest BCUT2D eigenvalue weighted by atomic mass is 9.54. The molecule has 26 heavy (non-hydrogen) atoms. The number of carboxylic acids is 1. The molecule has 3 rings (SSSR count). The van der Waals surface area contributed by atoms with Gasteiger partial charge >= 0.3 is 5.97 Å². The Labute approximate surface area is 155 Å². The molecule has 1 unspecified atom stereocenters. The quantitative estimate of drug-likeness (QED) is 0.648. The first kappa shape index (κ1) is 17.9. The molecule has 1 N–H and O–H groups in total. The van der Waals surface area contributed by atoms with Crippen molar-refractivity contribution in [3.8, 4) is 0 Å². The Morgan fingerprint density at radius 1 is 0.731 bits per heavy atom. The number of carbonyl (C=O) groups is 1. The molecule has 3 aromatic carbocycles. The maximum atomic E-state index is 12.8. The van der Waals surface area contributed by atoms with Crippen molar-refractivity contribution in [3.05, 3.63) is 108 Å². The predicted molar refractivity (Wildman–Crippen MR) is 105 cm³/mol. The maximum Gasteiger partial charge on any atom is 0.315 e. The van der Waals surface area contributed by atoms with E-state index in [-0.39, 0.29) is 0 Å². The van der Waals surface area contributed by atoms with Crippen LogP contribution in [0.15, 0.2) is 91.0 Å². The van der Waals surface area contributed by atoms with Crippen molar-refractivity contribution in [2.24, 2.45) is 0 Å². The highest BCUT2D eigenvalue weighted by atomic mass is 16.4. The predicted octanol–water partition coefficient (Wildman–Crippen LogP) is 5.43. The smallest absolute Gasteiger partial charge is 0.315 e. The molecule has 0 heterocycles. The van der Waals surface area contributed by atoms with Crippen LogP contribution in [0.5, 0.6) is 0 Å².